The molecule has 0 aliphatic heterocycles. The van der Waals surface area contributed by atoms with Crippen LogP contribution in [0.3, 0.4) is 0 Å². The van der Waals surface area contributed by atoms with E-state index in [0.29, 0.717) is 6.54 Å². The minimum absolute atomic E-state index is 0.0599. The molecule has 1 aromatic carbocycles. The Morgan fingerprint density at radius 3 is 2.31 bits per heavy atom. The van der Waals surface area contributed by atoms with E-state index in [2.05, 4.69) is 4.98 Å². The fourth-order valence-corrected chi connectivity index (χ4v) is 4.23. The third-order valence-electron chi connectivity index (χ3n) is 5.84. The Morgan fingerprint density at radius 2 is 1.69 bits per heavy atom. The summed E-state index contributed by atoms with van der Waals surface area (Å²) >= 11 is 0. The summed E-state index contributed by atoms with van der Waals surface area (Å²) in [7, 11) is 0. The Balaban J connectivity index is 1.40. The smallest absolute Gasteiger partial charge is 0.303 e. The number of benzene rings is 1. The SMILES string of the molecule is O=c1c(=O)n(C23CC(C2)C3)ccn1Cc1ccc(-c2ccccc2)cn1. The maximum atomic E-state index is 12.5. The van der Waals surface area contributed by atoms with Gasteiger partial charge in [0.05, 0.1) is 12.2 Å². The highest BCUT2D eigenvalue weighted by Gasteiger charge is 2.58. The third-order valence-corrected chi connectivity index (χ3v) is 5.84. The van der Waals surface area contributed by atoms with Gasteiger partial charge in [0.25, 0.3) is 0 Å². The van der Waals surface area contributed by atoms with Gasteiger partial charge in [-0.05, 0) is 36.8 Å². The van der Waals surface area contributed by atoms with Crippen molar-refractivity contribution in [3.05, 3.63) is 87.5 Å². The maximum absolute atomic E-state index is 12.5. The summed E-state index contributed by atoms with van der Waals surface area (Å²) in [4.78, 5) is 29.4. The molecule has 3 aliphatic carbocycles. The zero-order valence-corrected chi connectivity index (χ0v) is 14.3. The molecular weight excluding hydrogens is 326 g/mol. The quantitative estimate of drug-likeness (QED) is 0.683. The molecule has 3 fully saturated rings. The second-order valence-corrected chi connectivity index (χ2v) is 7.51. The van der Waals surface area contributed by atoms with Gasteiger partial charge in [-0.25, -0.2) is 0 Å². The molecule has 3 saturated carbocycles. The third kappa shape index (κ3) is 2.27. The van der Waals surface area contributed by atoms with Gasteiger partial charge in [-0.1, -0.05) is 36.4 Å². The van der Waals surface area contributed by atoms with Crippen LogP contribution in [0.25, 0.3) is 11.1 Å². The van der Waals surface area contributed by atoms with Gasteiger partial charge >= 0.3 is 11.1 Å². The molecule has 5 heteroatoms. The van der Waals surface area contributed by atoms with E-state index < -0.39 is 11.1 Å². The Morgan fingerprint density at radius 1 is 0.923 bits per heavy atom. The van der Waals surface area contributed by atoms with Crippen LogP contribution in [0.15, 0.2) is 70.6 Å². The standard InChI is InChI=1S/C21H19N3O2/c25-19-20(26)24(21-10-15(11-21)12-21)9-8-23(19)14-18-7-6-17(13-22-18)16-4-2-1-3-5-16/h1-9,13,15H,10-12,14H2. The molecule has 0 radical (unpaired) electrons. The largest absolute Gasteiger partial charge is 0.316 e. The van der Waals surface area contributed by atoms with Crippen molar-refractivity contribution in [2.75, 3.05) is 0 Å². The number of nitrogens with zero attached hydrogens (tertiary/aromatic N) is 3. The Kier molecular flexibility index (Phi) is 3.26. The molecule has 2 heterocycles. The highest BCUT2D eigenvalue weighted by Crippen LogP contribution is 2.61. The molecule has 0 amide bonds. The first-order valence-electron chi connectivity index (χ1n) is 8.98. The van der Waals surface area contributed by atoms with Gasteiger partial charge in [0.15, 0.2) is 0 Å². The van der Waals surface area contributed by atoms with Crippen molar-refractivity contribution >= 4 is 0 Å². The molecule has 26 heavy (non-hydrogen) atoms. The van der Waals surface area contributed by atoms with Gasteiger partial charge in [0, 0.05) is 29.7 Å². The maximum Gasteiger partial charge on any atom is 0.316 e. The normalized spacial score (nSPS) is 23.2. The zero-order chi connectivity index (χ0) is 17.7. The summed E-state index contributed by atoms with van der Waals surface area (Å²) in [5.41, 5.74) is 1.95. The molecule has 3 aliphatic rings. The van der Waals surface area contributed by atoms with E-state index in [1.807, 2.05) is 42.5 Å². The fraction of sp³-hybridized carbons (Fsp3) is 0.286. The zero-order valence-electron chi connectivity index (χ0n) is 14.3. The van der Waals surface area contributed by atoms with Crippen molar-refractivity contribution in [3.63, 3.8) is 0 Å². The second kappa shape index (κ2) is 5.53. The molecule has 0 atom stereocenters. The van der Waals surface area contributed by atoms with Crippen LogP contribution in [0.1, 0.15) is 25.0 Å². The lowest BCUT2D eigenvalue weighted by molar-refractivity contribution is -0.0919. The first-order valence-corrected chi connectivity index (χ1v) is 8.98. The van der Waals surface area contributed by atoms with Gasteiger partial charge in [0.1, 0.15) is 0 Å². The predicted molar refractivity (Wildman–Crippen MR) is 99.1 cm³/mol. The van der Waals surface area contributed by atoms with Crippen LogP contribution in [0.4, 0.5) is 0 Å². The first-order chi connectivity index (χ1) is 12.6. The number of hydrogen-bond acceptors (Lipinski definition) is 3. The number of aromatic nitrogens is 3. The van der Waals surface area contributed by atoms with Gasteiger partial charge in [-0.2, -0.15) is 0 Å². The summed E-state index contributed by atoms with van der Waals surface area (Å²) in [6, 6.07) is 13.9. The Bertz CT molecular complexity index is 1060. The molecule has 0 unspecified atom stereocenters. The molecular formula is C21H19N3O2. The molecule has 0 saturated heterocycles. The van der Waals surface area contributed by atoms with E-state index >= 15 is 0 Å². The molecule has 6 rings (SSSR count). The number of rotatable bonds is 4. The van der Waals surface area contributed by atoms with Gasteiger partial charge < -0.3 is 9.13 Å². The monoisotopic (exact) mass is 345 g/mol. The number of pyridine rings is 1. The highest BCUT2D eigenvalue weighted by atomic mass is 16.2. The van der Waals surface area contributed by atoms with Crippen molar-refractivity contribution in [1.82, 2.24) is 14.1 Å². The summed E-state index contributed by atoms with van der Waals surface area (Å²) < 4.78 is 3.12. The molecule has 0 spiro atoms. The molecule has 3 aromatic rings. The minimum Gasteiger partial charge on any atom is -0.303 e. The highest BCUT2D eigenvalue weighted by molar-refractivity contribution is 5.62. The Labute approximate surface area is 150 Å². The van der Waals surface area contributed by atoms with Crippen molar-refractivity contribution in [2.24, 2.45) is 5.92 Å². The van der Waals surface area contributed by atoms with Crippen molar-refractivity contribution in [2.45, 2.75) is 31.3 Å². The van der Waals surface area contributed by atoms with Crippen molar-refractivity contribution < 1.29 is 0 Å². The van der Waals surface area contributed by atoms with E-state index in [4.69, 9.17) is 0 Å². The van der Waals surface area contributed by atoms with Crippen LogP contribution in [-0.2, 0) is 12.1 Å². The first kappa shape index (κ1) is 15.3. The average molecular weight is 345 g/mol. The van der Waals surface area contributed by atoms with Gasteiger partial charge in [-0.15, -0.1) is 0 Å². The van der Waals surface area contributed by atoms with E-state index in [-0.39, 0.29) is 5.54 Å². The molecule has 0 N–H and O–H groups in total. The molecule has 5 nitrogen and oxygen atoms in total. The van der Waals surface area contributed by atoms with Crippen molar-refractivity contribution in [3.8, 4) is 11.1 Å². The second-order valence-electron chi connectivity index (χ2n) is 7.51. The lowest BCUT2D eigenvalue weighted by atomic mass is 9.49. The van der Waals surface area contributed by atoms with Gasteiger partial charge in [-0.3, -0.25) is 14.6 Å². The van der Waals surface area contributed by atoms with Crippen LogP contribution in [0.5, 0.6) is 0 Å². The van der Waals surface area contributed by atoms with E-state index in [1.165, 1.54) is 4.57 Å². The molecule has 2 bridgehead atoms. The van der Waals surface area contributed by atoms with E-state index in [0.717, 1.165) is 42.0 Å². The van der Waals surface area contributed by atoms with Crippen LogP contribution in [0.2, 0.25) is 0 Å². The lowest BCUT2D eigenvalue weighted by Crippen LogP contribution is -2.64. The van der Waals surface area contributed by atoms with Crippen LogP contribution in [0, 0.1) is 5.92 Å². The fourth-order valence-electron chi connectivity index (χ4n) is 4.23. The predicted octanol–water partition coefficient (Wildman–Crippen LogP) is 2.63. The Hall–Kier alpha value is -2.95. The van der Waals surface area contributed by atoms with E-state index in [1.54, 1.807) is 23.2 Å². The average Bonchev–Trinajstić information content (AvgIpc) is 2.60. The minimum atomic E-state index is -0.467. The van der Waals surface area contributed by atoms with Crippen LogP contribution in [-0.4, -0.2) is 14.1 Å². The topological polar surface area (TPSA) is 56.9 Å². The lowest BCUT2D eigenvalue weighted by Gasteiger charge is -2.62. The number of hydrogen-bond donors (Lipinski definition) is 0. The van der Waals surface area contributed by atoms with Crippen LogP contribution >= 0.6 is 0 Å². The van der Waals surface area contributed by atoms with E-state index in [9.17, 15) is 9.59 Å². The van der Waals surface area contributed by atoms with Gasteiger partial charge in [0.2, 0.25) is 0 Å². The van der Waals surface area contributed by atoms with Crippen molar-refractivity contribution in [1.29, 1.82) is 0 Å². The molecule has 2 aromatic heterocycles. The summed E-state index contributed by atoms with van der Waals surface area (Å²) in [5, 5.41) is 0. The summed E-state index contributed by atoms with van der Waals surface area (Å²) in [6.07, 6.45) is 8.42. The van der Waals surface area contributed by atoms with Crippen LogP contribution < -0.4 is 11.1 Å². The molecule has 130 valence electrons. The summed E-state index contributed by atoms with van der Waals surface area (Å²) in [5.74, 6) is 0.761. The summed E-state index contributed by atoms with van der Waals surface area (Å²) in [6.45, 7) is 0.305.